The quantitative estimate of drug-likeness (QED) is 0.499. The molecule has 20 heavy (non-hydrogen) atoms. The SMILES string of the molecule is COc1cc(/C=C/C(=O)NCCCCCN)ccc1O. The fraction of sp³-hybridized carbons (Fsp3) is 0.400. The van der Waals surface area contributed by atoms with Gasteiger partial charge in [0.1, 0.15) is 0 Å². The molecule has 1 rings (SSSR count). The number of unbranched alkanes of at least 4 members (excludes halogenated alkanes) is 2. The molecule has 5 heteroatoms. The van der Waals surface area contributed by atoms with Crippen LogP contribution >= 0.6 is 0 Å². The van der Waals surface area contributed by atoms with Crippen molar-refractivity contribution in [3.05, 3.63) is 29.8 Å². The van der Waals surface area contributed by atoms with Gasteiger partial charge >= 0.3 is 0 Å². The van der Waals surface area contributed by atoms with E-state index >= 15 is 0 Å². The first-order chi connectivity index (χ1) is 9.67. The van der Waals surface area contributed by atoms with E-state index in [1.807, 2.05) is 0 Å². The second-order valence-electron chi connectivity index (χ2n) is 4.40. The van der Waals surface area contributed by atoms with Crippen LogP contribution in [0.5, 0.6) is 11.5 Å². The van der Waals surface area contributed by atoms with Gasteiger partial charge in [-0.25, -0.2) is 0 Å². The molecule has 4 N–H and O–H groups in total. The topological polar surface area (TPSA) is 84.6 Å². The Bertz CT molecular complexity index is 458. The summed E-state index contributed by atoms with van der Waals surface area (Å²) in [5.74, 6) is 0.327. The average molecular weight is 278 g/mol. The van der Waals surface area contributed by atoms with Crippen LogP contribution in [0, 0.1) is 0 Å². The van der Waals surface area contributed by atoms with Crippen LogP contribution in [0.4, 0.5) is 0 Å². The first-order valence-corrected chi connectivity index (χ1v) is 6.70. The minimum absolute atomic E-state index is 0.0778. The lowest BCUT2D eigenvalue weighted by Crippen LogP contribution is -2.22. The smallest absolute Gasteiger partial charge is 0.243 e. The summed E-state index contributed by atoms with van der Waals surface area (Å²) >= 11 is 0. The van der Waals surface area contributed by atoms with Gasteiger partial charge in [-0.2, -0.15) is 0 Å². The summed E-state index contributed by atoms with van der Waals surface area (Å²) in [6, 6.07) is 4.91. The van der Waals surface area contributed by atoms with E-state index in [0.29, 0.717) is 18.8 Å². The van der Waals surface area contributed by atoms with Gasteiger partial charge in [0.25, 0.3) is 0 Å². The second kappa shape index (κ2) is 8.98. The molecule has 0 fully saturated rings. The molecule has 0 saturated carbocycles. The van der Waals surface area contributed by atoms with Gasteiger partial charge in [0.05, 0.1) is 7.11 Å². The molecule has 0 spiro atoms. The Morgan fingerprint density at radius 3 is 2.90 bits per heavy atom. The minimum atomic E-state index is -0.134. The predicted molar refractivity (Wildman–Crippen MR) is 79.6 cm³/mol. The number of aromatic hydroxyl groups is 1. The molecule has 1 amide bonds. The van der Waals surface area contributed by atoms with Gasteiger partial charge in [0.15, 0.2) is 11.5 Å². The molecule has 110 valence electrons. The maximum atomic E-state index is 11.6. The molecule has 5 nitrogen and oxygen atoms in total. The summed E-state index contributed by atoms with van der Waals surface area (Å²) in [6.45, 7) is 1.35. The maximum Gasteiger partial charge on any atom is 0.243 e. The highest BCUT2D eigenvalue weighted by atomic mass is 16.5. The van der Waals surface area contributed by atoms with Crippen LogP contribution in [0.3, 0.4) is 0 Å². The third-order valence-electron chi connectivity index (χ3n) is 2.81. The Morgan fingerprint density at radius 2 is 2.20 bits per heavy atom. The van der Waals surface area contributed by atoms with E-state index in [1.54, 1.807) is 18.2 Å². The lowest BCUT2D eigenvalue weighted by molar-refractivity contribution is -0.116. The molecule has 1 aromatic carbocycles. The number of nitrogens with two attached hydrogens (primary N) is 1. The summed E-state index contributed by atoms with van der Waals surface area (Å²) in [4.78, 5) is 11.6. The normalized spacial score (nSPS) is 10.7. The number of benzene rings is 1. The van der Waals surface area contributed by atoms with Crippen LogP contribution in [-0.2, 0) is 4.79 Å². The third kappa shape index (κ3) is 5.75. The summed E-state index contributed by atoms with van der Waals surface area (Å²) in [6.07, 6.45) is 6.09. The van der Waals surface area contributed by atoms with E-state index in [1.165, 1.54) is 19.3 Å². The number of methoxy groups -OCH3 is 1. The molecule has 1 aromatic rings. The summed E-state index contributed by atoms with van der Waals surface area (Å²) < 4.78 is 5.00. The number of rotatable bonds is 8. The van der Waals surface area contributed by atoms with Gasteiger partial charge < -0.3 is 20.9 Å². The summed E-state index contributed by atoms with van der Waals surface area (Å²) in [7, 11) is 1.48. The zero-order chi connectivity index (χ0) is 14.8. The van der Waals surface area contributed by atoms with Gasteiger partial charge in [-0.3, -0.25) is 4.79 Å². The summed E-state index contributed by atoms with van der Waals surface area (Å²) in [5.41, 5.74) is 6.18. The van der Waals surface area contributed by atoms with Gasteiger partial charge in [-0.15, -0.1) is 0 Å². The molecule has 0 saturated heterocycles. The van der Waals surface area contributed by atoms with Crippen LogP contribution in [0.15, 0.2) is 24.3 Å². The molecule has 0 aliphatic rings. The van der Waals surface area contributed by atoms with Gasteiger partial charge in [-0.1, -0.05) is 12.5 Å². The van der Waals surface area contributed by atoms with Crippen LogP contribution in [0.2, 0.25) is 0 Å². The number of amides is 1. The van der Waals surface area contributed by atoms with Crippen molar-refractivity contribution in [1.29, 1.82) is 0 Å². The number of ether oxygens (including phenoxy) is 1. The molecule has 0 atom stereocenters. The number of hydrogen-bond acceptors (Lipinski definition) is 4. The van der Waals surface area contributed by atoms with Crippen LogP contribution in [0.1, 0.15) is 24.8 Å². The molecule has 0 aliphatic carbocycles. The predicted octanol–water partition coefficient (Wildman–Crippen LogP) is 1.66. The second-order valence-corrected chi connectivity index (χ2v) is 4.40. The minimum Gasteiger partial charge on any atom is -0.504 e. The summed E-state index contributed by atoms with van der Waals surface area (Å²) in [5, 5.41) is 12.3. The number of hydrogen-bond donors (Lipinski definition) is 3. The highest BCUT2D eigenvalue weighted by Crippen LogP contribution is 2.26. The Hall–Kier alpha value is -2.01. The fourth-order valence-electron chi connectivity index (χ4n) is 1.69. The zero-order valence-electron chi connectivity index (χ0n) is 11.8. The van der Waals surface area contributed by atoms with Crippen molar-refractivity contribution in [2.45, 2.75) is 19.3 Å². The van der Waals surface area contributed by atoms with Crippen molar-refractivity contribution in [1.82, 2.24) is 5.32 Å². The van der Waals surface area contributed by atoms with Crippen LogP contribution in [-0.4, -0.2) is 31.2 Å². The maximum absolute atomic E-state index is 11.6. The van der Waals surface area contributed by atoms with E-state index in [-0.39, 0.29) is 11.7 Å². The van der Waals surface area contributed by atoms with E-state index in [4.69, 9.17) is 10.5 Å². The molecule has 0 unspecified atom stereocenters. The Morgan fingerprint density at radius 1 is 1.40 bits per heavy atom. The van der Waals surface area contributed by atoms with Crippen molar-refractivity contribution in [3.8, 4) is 11.5 Å². The standard InChI is InChI=1S/C15H22N2O3/c1-20-14-11-12(5-7-13(14)18)6-8-15(19)17-10-4-2-3-9-16/h5-8,11,18H,2-4,9-10,16H2,1H3,(H,17,19)/b8-6+. The lowest BCUT2D eigenvalue weighted by Gasteiger charge is -2.04. The first-order valence-electron chi connectivity index (χ1n) is 6.70. The van der Waals surface area contributed by atoms with Crippen molar-refractivity contribution in [2.75, 3.05) is 20.2 Å². The molecule has 0 bridgehead atoms. The highest BCUT2D eigenvalue weighted by molar-refractivity contribution is 5.91. The van der Waals surface area contributed by atoms with E-state index in [9.17, 15) is 9.90 Å². The van der Waals surface area contributed by atoms with Gasteiger partial charge in [0, 0.05) is 12.6 Å². The highest BCUT2D eigenvalue weighted by Gasteiger charge is 2.01. The monoisotopic (exact) mass is 278 g/mol. The van der Waals surface area contributed by atoms with Crippen LogP contribution in [0.25, 0.3) is 6.08 Å². The molecular weight excluding hydrogens is 256 g/mol. The van der Waals surface area contributed by atoms with Crippen molar-refractivity contribution < 1.29 is 14.6 Å². The third-order valence-corrected chi connectivity index (χ3v) is 2.81. The lowest BCUT2D eigenvalue weighted by atomic mass is 10.2. The number of phenols is 1. The van der Waals surface area contributed by atoms with Gasteiger partial charge in [-0.05, 0) is 43.2 Å². The Kier molecular flexibility index (Phi) is 7.21. The molecule has 0 aromatic heterocycles. The van der Waals surface area contributed by atoms with Crippen LogP contribution < -0.4 is 15.8 Å². The van der Waals surface area contributed by atoms with E-state index in [0.717, 1.165) is 24.8 Å². The number of carbonyl (C=O) groups excluding carboxylic acids is 1. The number of nitrogens with one attached hydrogen (secondary N) is 1. The van der Waals surface area contributed by atoms with E-state index in [2.05, 4.69) is 5.32 Å². The Balaban J connectivity index is 2.41. The molecule has 0 radical (unpaired) electrons. The molecule has 0 aliphatic heterocycles. The average Bonchev–Trinajstić information content (AvgIpc) is 2.46. The van der Waals surface area contributed by atoms with E-state index < -0.39 is 0 Å². The van der Waals surface area contributed by atoms with Crippen molar-refractivity contribution in [2.24, 2.45) is 5.73 Å². The fourth-order valence-corrected chi connectivity index (χ4v) is 1.69. The van der Waals surface area contributed by atoms with Crippen molar-refractivity contribution in [3.63, 3.8) is 0 Å². The molecule has 0 heterocycles. The zero-order valence-corrected chi connectivity index (χ0v) is 11.8. The van der Waals surface area contributed by atoms with Crippen molar-refractivity contribution >= 4 is 12.0 Å². The largest absolute Gasteiger partial charge is 0.504 e. The molecular formula is C15H22N2O3. The Labute approximate surface area is 119 Å². The first kappa shape index (κ1) is 16.0. The van der Waals surface area contributed by atoms with Gasteiger partial charge in [0.2, 0.25) is 5.91 Å². The number of carbonyl (C=O) groups is 1. The number of phenolic OH excluding ortho intramolecular Hbond substituents is 1.